The van der Waals surface area contributed by atoms with Crippen molar-refractivity contribution in [3.05, 3.63) is 0 Å². The Morgan fingerprint density at radius 2 is 2.50 bits per heavy atom. The third-order valence-electron chi connectivity index (χ3n) is 0.754. The predicted molar refractivity (Wildman–Crippen MR) is 43.5 cm³/mol. The lowest BCUT2D eigenvalue weighted by Gasteiger charge is -2.15. The molecule has 0 saturated heterocycles. The molecule has 0 radical (unpaired) electrons. The molecular formula is C5H6INO3. The largest absolute Gasteiger partial charge is 0.464 e. The number of carboxylic acid groups (broad SMARTS) is 1. The number of ether oxygens (including phenoxy) is 1. The van der Waals surface area contributed by atoms with E-state index in [-0.39, 0.29) is 0 Å². The molecule has 0 heterocycles. The minimum Gasteiger partial charge on any atom is -0.464 e. The first-order valence-corrected chi connectivity index (χ1v) is 3.26. The van der Waals surface area contributed by atoms with Gasteiger partial charge in [-0.1, -0.05) is 5.92 Å². The van der Waals surface area contributed by atoms with E-state index < -0.39 is 12.3 Å². The Bertz CT molecular complexity index is 165. The molecule has 0 bridgehead atoms. The maximum Gasteiger partial charge on any atom is 0.419 e. The Hall–Kier alpha value is -0.480. The molecule has 0 spiro atoms. The molecule has 0 aromatic heterocycles. The van der Waals surface area contributed by atoms with Gasteiger partial charge in [-0.25, -0.2) is 7.91 Å². The van der Waals surface area contributed by atoms with Crippen molar-refractivity contribution >= 4 is 29.0 Å². The third-order valence-corrected chi connectivity index (χ3v) is 1.67. The average Bonchev–Trinajstić information content (AvgIpc) is 1.90. The lowest BCUT2D eigenvalue weighted by atomic mass is 10.6. The van der Waals surface area contributed by atoms with Crippen LogP contribution < -0.4 is 0 Å². The lowest BCUT2D eigenvalue weighted by molar-refractivity contribution is 0.0727. The molecule has 1 N–H and O–H groups in total. The first-order valence-electron chi connectivity index (χ1n) is 2.30. The lowest BCUT2D eigenvalue weighted by Crippen LogP contribution is -2.30. The maximum absolute atomic E-state index is 10.2. The fraction of sp³-hybridized carbons (Fsp3) is 0.400. The van der Waals surface area contributed by atoms with Crippen LogP contribution in [0.15, 0.2) is 0 Å². The summed E-state index contributed by atoms with van der Waals surface area (Å²) in [6.45, 7) is 0. The predicted octanol–water partition coefficient (Wildman–Crippen LogP) is 0.922. The Morgan fingerprint density at radius 1 is 2.00 bits per heavy atom. The number of methoxy groups -OCH3 is 1. The van der Waals surface area contributed by atoms with Gasteiger partial charge in [-0.2, -0.15) is 0 Å². The van der Waals surface area contributed by atoms with Gasteiger partial charge < -0.3 is 9.84 Å². The molecule has 0 saturated carbocycles. The van der Waals surface area contributed by atoms with Gasteiger partial charge in [-0.3, -0.25) is 0 Å². The molecule has 0 aliphatic rings. The molecule has 1 amide bonds. The number of halogens is 1. The Labute approximate surface area is 72.6 Å². The van der Waals surface area contributed by atoms with Gasteiger partial charge in [-0.15, -0.1) is 6.42 Å². The van der Waals surface area contributed by atoms with Crippen molar-refractivity contribution < 1.29 is 14.6 Å². The van der Waals surface area contributed by atoms with Crippen LogP contribution in [0.1, 0.15) is 0 Å². The maximum atomic E-state index is 10.2. The molecular weight excluding hydrogens is 249 g/mol. The van der Waals surface area contributed by atoms with Crippen LogP contribution in [0.5, 0.6) is 0 Å². The van der Waals surface area contributed by atoms with E-state index in [9.17, 15) is 4.79 Å². The molecule has 10 heavy (non-hydrogen) atoms. The molecule has 5 heteroatoms. The number of rotatable bonds is 2. The van der Waals surface area contributed by atoms with Gasteiger partial charge in [0.15, 0.2) is 0 Å². The van der Waals surface area contributed by atoms with E-state index in [1.165, 1.54) is 7.11 Å². The van der Waals surface area contributed by atoms with Gasteiger partial charge in [0.2, 0.25) is 6.23 Å². The zero-order chi connectivity index (χ0) is 8.15. The van der Waals surface area contributed by atoms with Crippen LogP contribution in [0.2, 0.25) is 0 Å². The Morgan fingerprint density at radius 3 is 2.60 bits per heavy atom. The van der Waals surface area contributed by atoms with Crippen molar-refractivity contribution in [3.8, 4) is 12.3 Å². The standard InChI is InChI=1S/C5H6INO3/c1-3-4(10-2)7(6)5(8)9/h1,4H,2H3,(H,8,9). The van der Waals surface area contributed by atoms with Gasteiger partial charge >= 0.3 is 6.09 Å². The fourth-order valence-corrected chi connectivity index (χ4v) is 0.715. The first-order chi connectivity index (χ1) is 4.63. The summed E-state index contributed by atoms with van der Waals surface area (Å²) in [6.07, 6.45) is 3.01. The van der Waals surface area contributed by atoms with E-state index in [0.717, 1.165) is 3.11 Å². The second-order valence-corrected chi connectivity index (χ2v) is 2.39. The molecule has 0 aliphatic heterocycles. The summed E-state index contributed by atoms with van der Waals surface area (Å²) in [6, 6.07) is 0. The van der Waals surface area contributed by atoms with Crippen molar-refractivity contribution in [3.63, 3.8) is 0 Å². The number of terminal acetylenes is 1. The quantitative estimate of drug-likeness (QED) is 0.345. The highest BCUT2D eigenvalue weighted by Gasteiger charge is 2.16. The Balaban J connectivity index is 4.05. The minimum atomic E-state index is -1.12. The topological polar surface area (TPSA) is 49.8 Å². The second kappa shape index (κ2) is 4.35. The summed E-state index contributed by atoms with van der Waals surface area (Å²) in [5, 5.41) is 8.36. The zero-order valence-electron chi connectivity index (χ0n) is 5.24. The average molecular weight is 255 g/mol. The summed E-state index contributed by atoms with van der Waals surface area (Å²) >= 11 is 1.56. The monoisotopic (exact) mass is 255 g/mol. The highest BCUT2D eigenvalue weighted by molar-refractivity contribution is 14.1. The minimum absolute atomic E-state index is 0.807. The van der Waals surface area contributed by atoms with E-state index >= 15 is 0 Å². The molecule has 0 rings (SSSR count). The highest BCUT2D eigenvalue weighted by Crippen LogP contribution is 2.06. The van der Waals surface area contributed by atoms with Crippen LogP contribution in [0.25, 0.3) is 0 Å². The summed E-state index contributed by atoms with van der Waals surface area (Å²) in [4.78, 5) is 10.2. The molecule has 56 valence electrons. The van der Waals surface area contributed by atoms with Crippen LogP contribution in [0.3, 0.4) is 0 Å². The van der Waals surface area contributed by atoms with Crippen molar-refractivity contribution in [2.45, 2.75) is 6.23 Å². The molecule has 1 atom stereocenters. The summed E-state index contributed by atoms with van der Waals surface area (Å²) in [5.74, 6) is 2.15. The number of carbonyl (C=O) groups is 1. The van der Waals surface area contributed by atoms with Crippen molar-refractivity contribution in [2.24, 2.45) is 0 Å². The number of hydrogen-bond donors (Lipinski definition) is 1. The van der Waals surface area contributed by atoms with E-state index in [4.69, 9.17) is 11.5 Å². The Kier molecular flexibility index (Phi) is 4.14. The van der Waals surface area contributed by atoms with Crippen molar-refractivity contribution in [1.29, 1.82) is 0 Å². The number of nitrogens with zero attached hydrogens (tertiary/aromatic N) is 1. The van der Waals surface area contributed by atoms with Gasteiger partial charge in [0, 0.05) is 7.11 Å². The normalized spacial score (nSPS) is 11.7. The van der Waals surface area contributed by atoms with E-state index in [1.807, 2.05) is 0 Å². The first kappa shape index (κ1) is 9.52. The number of amides is 1. The molecule has 0 fully saturated rings. The third kappa shape index (κ3) is 2.41. The van der Waals surface area contributed by atoms with E-state index in [2.05, 4.69) is 10.7 Å². The van der Waals surface area contributed by atoms with E-state index in [1.54, 1.807) is 22.9 Å². The van der Waals surface area contributed by atoms with Gasteiger partial charge in [0.25, 0.3) is 0 Å². The highest BCUT2D eigenvalue weighted by atomic mass is 127. The molecule has 0 aromatic rings. The SMILES string of the molecule is C#CC(OC)N(I)C(=O)O. The second-order valence-electron chi connectivity index (χ2n) is 1.35. The van der Waals surface area contributed by atoms with Crippen LogP contribution in [-0.4, -0.2) is 27.7 Å². The van der Waals surface area contributed by atoms with Gasteiger partial charge in [-0.05, 0) is 0 Å². The molecule has 1 unspecified atom stereocenters. The number of hydrogen-bond acceptors (Lipinski definition) is 2. The van der Waals surface area contributed by atoms with Crippen molar-refractivity contribution in [2.75, 3.05) is 7.11 Å². The summed E-state index contributed by atoms with van der Waals surface area (Å²) in [7, 11) is 1.35. The fourth-order valence-electron chi connectivity index (χ4n) is 0.326. The summed E-state index contributed by atoms with van der Waals surface area (Å²) in [5.41, 5.74) is 0. The zero-order valence-corrected chi connectivity index (χ0v) is 7.40. The van der Waals surface area contributed by atoms with Crippen LogP contribution in [0.4, 0.5) is 4.79 Å². The smallest absolute Gasteiger partial charge is 0.419 e. The van der Waals surface area contributed by atoms with Crippen molar-refractivity contribution in [1.82, 2.24) is 3.11 Å². The summed E-state index contributed by atoms with van der Waals surface area (Å²) < 4.78 is 5.50. The molecule has 4 nitrogen and oxygen atoms in total. The van der Waals surface area contributed by atoms with Crippen LogP contribution >= 0.6 is 22.9 Å². The van der Waals surface area contributed by atoms with Gasteiger partial charge in [0.1, 0.15) is 0 Å². The molecule has 0 aromatic carbocycles. The van der Waals surface area contributed by atoms with Crippen LogP contribution in [-0.2, 0) is 4.74 Å². The van der Waals surface area contributed by atoms with Crippen LogP contribution in [0, 0.1) is 12.3 Å². The van der Waals surface area contributed by atoms with E-state index in [0.29, 0.717) is 0 Å². The molecule has 0 aliphatic carbocycles. The van der Waals surface area contributed by atoms with Gasteiger partial charge in [0.05, 0.1) is 22.9 Å².